The van der Waals surface area contributed by atoms with E-state index in [1.807, 2.05) is 61.5 Å². The number of para-hydroxylation sites is 1. The topological polar surface area (TPSA) is 85.9 Å². The van der Waals surface area contributed by atoms with Gasteiger partial charge in [-0.05, 0) is 18.6 Å². The van der Waals surface area contributed by atoms with Crippen LogP contribution in [0, 0.1) is 5.92 Å². The summed E-state index contributed by atoms with van der Waals surface area (Å²) in [6, 6.07) is 16.0. The first-order valence-corrected chi connectivity index (χ1v) is 9.86. The molecule has 1 fully saturated rings. The van der Waals surface area contributed by atoms with Crippen molar-refractivity contribution in [2.24, 2.45) is 5.92 Å². The molecule has 0 saturated carbocycles. The zero-order valence-corrected chi connectivity index (χ0v) is 16.9. The van der Waals surface area contributed by atoms with Crippen LogP contribution in [-0.2, 0) is 20.9 Å². The van der Waals surface area contributed by atoms with E-state index in [1.165, 1.54) is 0 Å². The maximum atomic E-state index is 12.8. The molecule has 30 heavy (non-hydrogen) atoms. The fourth-order valence-corrected chi connectivity index (χ4v) is 3.26. The summed E-state index contributed by atoms with van der Waals surface area (Å²) in [7, 11) is 0. The Morgan fingerprint density at radius 1 is 1.07 bits per heavy atom. The standard InChI is InChI=1S/C23H26N2O5/c1-3-28-13-14-29-22(26)20-16(2)24-23(27)25-21(20)18-11-7-8-12-19(18)30-15-17-9-5-4-6-10-17/h4-12,20-21H,2-3,13-15H2,1H3,(H2,24,25,27)/t20-,21+/m1/s1. The summed E-state index contributed by atoms with van der Waals surface area (Å²) < 4.78 is 16.6. The highest BCUT2D eigenvalue weighted by Gasteiger charge is 2.40. The first-order chi connectivity index (χ1) is 14.6. The van der Waals surface area contributed by atoms with Crippen LogP contribution >= 0.6 is 0 Å². The first-order valence-electron chi connectivity index (χ1n) is 9.86. The number of nitrogens with one attached hydrogen (secondary N) is 2. The van der Waals surface area contributed by atoms with Crippen molar-refractivity contribution in [3.05, 3.63) is 78.0 Å². The smallest absolute Gasteiger partial charge is 0.319 e. The molecule has 3 rings (SSSR count). The van der Waals surface area contributed by atoms with E-state index >= 15 is 0 Å². The van der Waals surface area contributed by atoms with E-state index in [-0.39, 0.29) is 12.3 Å². The Morgan fingerprint density at radius 3 is 2.57 bits per heavy atom. The summed E-state index contributed by atoms with van der Waals surface area (Å²) in [5.74, 6) is -0.714. The third-order valence-corrected chi connectivity index (χ3v) is 4.69. The Balaban J connectivity index is 1.80. The molecular weight excluding hydrogens is 384 g/mol. The lowest BCUT2D eigenvalue weighted by Gasteiger charge is -2.34. The van der Waals surface area contributed by atoms with E-state index in [1.54, 1.807) is 0 Å². The molecule has 0 bridgehead atoms. The van der Waals surface area contributed by atoms with Gasteiger partial charge in [0.05, 0.1) is 12.6 Å². The number of benzene rings is 2. The molecule has 2 atom stereocenters. The third-order valence-electron chi connectivity index (χ3n) is 4.69. The lowest BCUT2D eigenvalue weighted by atomic mass is 9.88. The van der Waals surface area contributed by atoms with E-state index < -0.39 is 24.0 Å². The van der Waals surface area contributed by atoms with Crippen LogP contribution in [0.2, 0.25) is 0 Å². The van der Waals surface area contributed by atoms with Crippen LogP contribution in [0.3, 0.4) is 0 Å². The minimum Gasteiger partial charge on any atom is -0.489 e. The zero-order chi connectivity index (χ0) is 21.3. The van der Waals surface area contributed by atoms with Gasteiger partial charge in [-0.1, -0.05) is 55.1 Å². The van der Waals surface area contributed by atoms with Gasteiger partial charge in [0.15, 0.2) is 0 Å². The monoisotopic (exact) mass is 410 g/mol. The molecule has 7 heteroatoms. The van der Waals surface area contributed by atoms with Crippen molar-refractivity contribution in [1.82, 2.24) is 10.6 Å². The fraction of sp³-hybridized carbons (Fsp3) is 0.304. The molecule has 0 spiro atoms. The van der Waals surface area contributed by atoms with Crippen molar-refractivity contribution in [3.8, 4) is 5.75 Å². The first kappa shape index (κ1) is 21.4. The molecule has 2 aromatic rings. The van der Waals surface area contributed by atoms with Gasteiger partial charge in [-0.15, -0.1) is 0 Å². The number of esters is 1. The van der Waals surface area contributed by atoms with Crippen LogP contribution in [0.1, 0.15) is 24.1 Å². The Hall–Kier alpha value is -3.32. The van der Waals surface area contributed by atoms with Crippen LogP contribution < -0.4 is 15.4 Å². The summed E-state index contributed by atoms with van der Waals surface area (Å²) in [5.41, 5.74) is 1.97. The molecule has 158 valence electrons. The Kier molecular flexibility index (Phi) is 7.45. The van der Waals surface area contributed by atoms with Crippen LogP contribution in [-0.4, -0.2) is 31.8 Å². The quantitative estimate of drug-likeness (QED) is 0.489. The number of ether oxygens (including phenoxy) is 3. The van der Waals surface area contributed by atoms with Gasteiger partial charge in [-0.3, -0.25) is 4.79 Å². The van der Waals surface area contributed by atoms with Crippen molar-refractivity contribution < 1.29 is 23.8 Å². The summed E-state index contributed by atoms with van der Waals surface area (Å²) >= 11 is 0. The largest absolute Gasteiger partial charge is 0.489 e. The van der Waals surface area contributed by atoms with Gasteiger partial charge >= 0.3 is 12.0 Å². The lowest BCUT2D eigenvalue weighted by Crippen LogP contribution is -2.51. The predicted molar refractivity (Wildman–Crippen MR) is 112 cm³/mol. The van der Waals surface area contributed by atoms with Gasteiger partial charge in [0.2, 0.25) is 0 Å². The normalized spacial score (nSPS) is 18.3. The van der Waals surface area contributed by atoms with Gasteiger partial charge in [0.25, 0.3) is 0 Å². The molecule has 2 aromatic carbocycles. The van der Waals surface area contributed by atoms with Crippen LogP contribution in [0.15, 0.2) is 66.9 Å². The second-order valence-electron chi connectivity index (χ2n) is 6.76. The van der Waals surface area contributed by atoms with Crippen molar-refractivity contribution in [1.29, 1.82) is 0 Å². The molecule has 1 aliphatic heterocycles. The molecule has 1 saturated heterocycles. The van der Waals surface area contributed by atoms with Gasteiger partial charge in [0, 0.05) is 17.9 Å². The maximum Gasteiger partial charge on any atom is 0.319 e. The zero-order valence-electron chi connectivity index (χ0n) is 16.9. The van der Waals surface area contributed by atoms with E-state index in [9.17, 15) is 9.59 Å². The number of hydrogen-bond donors (Lipinski definition) is 2. The van der Waals surface area contributed by atoms with Gasteiger partial charge in [0.1, 0.15) is 24.9 Å². The van der Waals surface area contributed by atoms with E-state index in [0.717, 1.165) is 5.56 Å². The molecule has 0 unspecified atom stereocenters. The number of carbonyl (C=O) groups excluding carboxylic acids is 2. The summed E-state index contributed by atoms with van der Waals surface area (Å²) in [4.78, 5) is 24.9. The fourth-order valence-electron chi connectivity index (χ4n) is 3.26. The molecule has 2 N–H and O–H groups in total. The number of urea groups is 1. The highest BCUT2D eigenvalue weighted by molar-refractivity contribution is 5.85. The van der Waals surface area contributed by atoms with Crippen molar-refractivity contribution in [3.63, 3.8) is 0 Å². The van der Waals surface area contributed by atoms with E-state index in [4.69, 9.17) is 14.2 Å². The molecule has 0 aromatic heterocycles. The average Bonchev–Trinajstić information content (AvgIpc) is 2.75. The molecule has 2 amide bonds. The third kappa shape index (κ3) is 5.39. The minimum absolute atomic E-state index is 0.128. The second-order valence-corrected chi connectivity index (χ2v) is 6.76. The van der Waals surface area contributed by atoms with Gasteiger partial charge < -0.3 is 24.8 Å². The summed E-state index contributed by atoms with van der Waals surface area (Å²) in [5, 5.41) is 5.38. The second kappa shape index (κ2) is 10.5. The number of hydrogen-bond acceptors (Lipinski definition) is 5. The van der Waals surface area contributed by atoms with Crippen molar-refractivity contribution in [2.75, 3.05) is 19.8 Å². The van der Waals surface area contributed by atoms with Crippen LogP contribution in [0.4, 0.5) is 4.79 Å². The van der Waals surface area contributed by atoms with Crippen molar-refractivity contribution >= 4 is 12.0 Å². The van der Waals surface area contributed by atoms with Crippen molar-refractivity contribution in [2.45, 2.75) is 19.6 Å². The van der Waals surface area contributed by atoms with Crippen LogP contribution in [0.5, 0.6) is 5.75 Å². The van der Waals surface area contributed by atoms with Crippen LogP contribution in [0.25, 0.3) is 0 Å². The van der Waals surface area contributed by atoms with Gasteiger partial charge in [-0.2, -0.15) is 0 Å². The molecule has 7 nitrogen and oxygen atoms in total. The van der Waals surface area contributed by atoms with E-state index in [0.29, 0.717) is 31.1 Å². The lowest BCUT2D eigenvalue weighted by molar-refractivity contribution is -0.150. The average molecular weight is 410 g/mol. The highest BCUT2D eigenvalue weighted by Crippen LogP contribution is 2.35. The van der Waals surface area contributed by atoms with Gasteiger partial charge in [-0.25, -0.2) is 4.79 Å². The maximum absolute atomic E-state index is 12.8. The number of rotatable bonds is 9. The molecule has 0 radical (unpaired) electrons. The predicted octanol–water partition coefficient (Wildman–Crippen LogP) is 3.33. The molecule has 1 aliphatic rings. The summed E-state index contributed by atoms with van der Waals surface area (Å²) in [6.07, 6.45) is 0. The molecular formula is C23H26N2O5. The molecule has 0 aliphatic carbocycles. The van der Waals surface area contributed by atoms with E-state index in [2.05, 4.69) is 17.2 Å². The highest BCUT2D eigenvalue weighted by atomic mass is 16.6. The summed E-state index contributed by atoms with van der Waals surface area (Å²) in [6.45, 7) is 7.07. The number of carbonyl (C=O) groups is 2. The SMILES string of the molecule is C=C1NC(=O)N[C@@H](c2ccccc2OCc2ccccc2)[C@@H]1C(=O)OCCOCC. The Labute approximate surface area is 176 Å². The molecule has 1 heterocycles. The Bertz CT molecular complexity index is 884. The number of amides is 2. The minimum atomic E-state index is -0.800. The Morgan fingerprint density at radius 2 is 1.80 bits per heavy atom.